The molecule has 1 aromatic heterocycles. The summed E-state index contributed by atoms with van der Waals surface area (Å²) in [5.41, 5.74) is 2.09. The summed E-state index contributed by atoms with van der Waals surface area (Å²) in [5, 5.41) is 9.59. The van der Waals surface area contributed by atoms with E-state index in [-0.39, 0.29) is 11.8 Å². The predicted octanol–water partition coefficient (Wildman–Crippen LogP) is 3.28. The van der Waals surface area contributed by atoms with E-state index in [0.29, 0.717) is 11.1 Å². The number of oxazole rings is 1. The van der Waals surface area contributed by atoms with Crippen molar-refractivity contribution in [3.05, 3.63) is 54.1 Å². The third-order valence-electron chi connectivity index (χ3n) is 2.53. The molecule has 3 aromatic rings. The van der Waals surface area contributed by atoms with Crippen molar-refractivity contribution in [2.45, 2.75) is 0 Å². The molecule has 88 valence electrons. The highest BCUT2D eigenvalue weighted by Crippen LogP contribution is 2.21. The van der Waals surface area contributed by atoms with Gasteiger partial charge in [-0.05, 0) is 24.3 Å². The summed E-state index contributed by atoms with van der Waals surface area (Å²) in [6, 6.07) is 14.7. The molecule has 0 aliphatic carbocycles. The maximum atomic E-state index is 9.59. The van der Waals surface area contributed by atoms with Crippen LogP contribution in [0.15, 0.2) is 57.9 Å². The fraction of sp³-hybridized carbons (Fsp3) is 0. The van der Waals surface area contributed by atoms with Crippen molar-refractivity contribution in [3.8, 4) is 5.75 Å². The monoisotopic (exact) mass is 238 g/mol. The van der Waals surface area contributed by atoms with Crippen LogP contribution in [0.4, 0.5) is 6.01 Å². The molecule has 0 fully saturated rings. The van der Waals surface area contributed by atoms with Gasteiger partial charge < -0.3 is 9.52 Å². The van der Waals surface area contributed by atoms with Crippen LogP contribution in [0.2, 0.25) is 0 Å². The Labute approximate surface area is 103 Å². The van der Waals surface area contributed by atoms with E-state index in [1.807, 2.05) is 30.3 Å². The van der Waals surface area contributed by atoms with Gasteiger partial charge in [-0.25, -0.2) is 4.99 Å². The zero-order valence-electron chi connectivity index (χ0n) is 9.45. The molecule has 4 heteroatoms. The van der Waals surface area contributed by atoms with Crippen molar-refractivity contribution in [1.29, 1.82) is 0 Å². The lowest BCUT2D eigenvalue weighted by Crippen LogP contribution is -1.80. The standard InChI is InChI=1S/C14H10N2O2/c17-12-7-3-1-5-10(12)9-15-14-16-11-6-2-4-8-13(11)18-14/h1-9,17H. The summed E-state index contributed by atoms with van der Waals surface area (Å²) < 4.78 is 5.44. The Morgan fingerprint density at radius 3 is 2.67 bits per heavy atom. The highest BCUT2D eigenvalue weighted by atomic mass is 16.4. The molecule has 0 saturated carbocycles. The lowest BCUT2D eigenvalue weighted by molar-refractivity contribution is 0.474. The number of aromatic nitrogens is 1. The Balaban J connectivity index is 1.95. The molecular formula is C14H10N2O2. The number of aliphatic imine (C=N–C) groups is 1. The normalized spacial score (nSPS) is 11.3. The number of nitrogens with zero attached hydrogens (tertiary/aromatic N) is 2. The van der Waals surface area contributed by atoms with E-state index >= 15 is 0 Å². The van der Waals surface area contributed by atoms with Crippen LogP contribution < -0.4 is 0 Å². The van der Waals surface area contributed by atoms with E-state index in [4.69, 9.17) is 4.42 Å². The number of benzene rings is 2. The average Bonchev–Trinajstić information content (AvgIpc) is 2.80. The molecule has 1 heterocycles. The van der Waals surface area contributed by atoms with E-state index in [2.05, 4.69) is 9.98 Å². The molecule has 3 rings (SSSR count). The molecule has 0 aliphatic heterocycles. The number of rotatable bonds is 2. The van der Waals surface area contributed by atoms with Crippen molar-refractivity contribution in [2.75, 3.05) is 0 Å². The highest BCUT2D eigenvalue weighted by molar-refractivity contribution is 5.85. The number of hydrogen-bond donors (Lipinski definition) is 1. The Morgan fingerprint density at radius 1 is 1.06 bits per heavy atom. The van der Waals surface area contributed by atoms with Crippen molar-refractivity contribution in [1.82, 2.24) is 4.98 Å². The molecule has 4 nitrogen and oxygen atoms in total. The second-order valence-corrected chi connectivity index (χ2v) is 3.78. The number of fused-ring (bicyclic) bond motifs is 1. The Morgan fingerprint density at radius 2 is 1.83 bits per heavy atom. The van der Waals surface area contributed by atoms with E-state index < -0.39 is 0 Å². The summed E-state index contributed by atoms with van der Waals surface area (Å²) in [7, 11) is 0. The Hall–Kier alpha value is -2.62. The van der Waals surface area contributed by atoms with Crippen LogP contribution >= 0.6 is 0 Å². The molecule has 0 atom stereocenters. The summed E-state index contributed by atoms with van der Waals surface area (Å²) in [5.74, 6) is 0.178. The molecule has 0 aliphatic rings. The largest absolute Gasteiger partial charge is 0.507 e. The maximum Gasteiger partial charge on any atom is 0.322 e. The van der Waals surface area contributed by atoms with Crippen molar-refractivity contribution < 1.29 is 9.52 Å². The predicted molar refractivity (Wildman–Crippen MR) is 69.4 cm³/mol. The molecule has 0 bridgehead atoms. The molecule has 0 unspecified atom stereocenters. The lowest BCUT2D eigenvalue weighted by Gasteiger charge is -1.94. The van der Waals surface area contributed by atoms with E-state index in [9.17, 15) is 5.11 Å². The number of phenols is 1. The fourth-order valence-electron chi connectivity index (χ4n) is 1.64. The quantitative estimate of drug-likeness (QED) is 0.697. The molecule has 0 amide bonds. The van der Waals surface area contributed by atoms with Gasteiger partial charge in [0, 0.05) is 11.8 Å². The minimum absolute atomic E-state index is 0.178. The molecule has 0 saturated heterocycles. The number of aromatic hydroxyl groups is 1. The smallest absolute Gasteiger partial charge is 0.322 e. The Kier molecular flexibility index (Phi) is 2.53. The first kappa shape index (κ1) is 10.5. The van der Waals surface area contributed by atoms with Gasteiger partial charge in [0.25, 0.3) is 0 Å². The lowest BCUT2D eigenvalue weighted by atomic mass is 10.2. The second-order valence-electron chi connectivity index (χ2n) is 3.78. The van der Waals surface area contributed by atoms with Crippen LogP contribution in [0.3, 0.4) is 0 Å². The highest BCUT2D eigenvalue weighted by Gasteiger charge is 2.02. The van der Waals surface area contributed by atoms with Crippen LogP contribution in [0, 0.1) is 0 Å². The van der Waals surface area contributed by atoms with Crippen molar-refractivity contribution in [2.24, 2.45) is 4.99 Å². The van der Waals surface area contributed by atoms with Gasteiger partial charge in [0.05, 0.1) is 0 Å². The second kappa shape index (κ2) is 4.33. The third-order valence-corrected chi connectivity index (χ3v) is 2.53. The number of phenolic OH excluding ortho intramolecular Hbond substituents is 1. The van der Waals surface area contributed by atoms with Gasteiger partial charge in [-0.2, -0.15) is 4.98 Å². The summed E-state index contributed by atoms with van der Waals surface area (Å²) in [6.07, 6.45) is 1.53. The Bertz CT molecular complexity index is 683. The molecular weight excluding hydrogens is 228 g/mol. The van der Waals surface area contributed by atoms with Gasteiger partial charge in [-0.15, -0.1) is 0 Å². The zero-order valence-corrected chi connectivity index (χ0v) is 9.45. The minimum atomic E-state index is 0.178. The van der Waals surface area contributed by atoms with Gasteiger partial charge in [0.15, 0.2) is 5.58 Å². The topological polar surface area (TPSA) is 58.6 Å². The molecule has 0 spiro atoms. The molecule has 2 aromatic carbocycles. The van der Waals surface area contributed by atoms with Crippen LogP contribution in [-0.4, -0.2) is 16.3 Å². The van der Waals surface area contributed by atoms with Gasteiger partial charge in [0.1, 0.15) is 11.3 Å². The van der Waals surface area contributed by atoms with Gasteiger partial charge in [-0.1, -0.05) is 24.3 Å². The average molecular weight is 238 g/mol. The van der Waals surface area contributed by atoms with E-state index in [1.54, 1.807) is 18.2 Å². The fourth-order valence-corrected chi connectivity index (χ4v) is 1.64. The van der Waals surface area contributed by atoms with Gasteiger partial charge in [0.2, 0.25) is 0 Å². The van der Waals surface area contributed by atoms with Gasteiger partial charge >= 0.3 is 6.01 Å². The molecule has 1 N–H and O–H groups in total. The first-order valence-electron chi connectivity index (χ1n) is 5.50. The number of para-hydroxylation sites is 3. The van der Waals surface area contributed by atoms with E-state index in [0.717, 1.165) is 5.52 Å². The summed E-state index contributed by atoms with van der Waals surface area (Å²) >= 11 is 0. The van der Waals surface area contributed by atoms with E-state index in [1.165, 1.54) is 6.21 Å². The first-order valence-corrected chi connectivity index (χ1v) is 5.50. The first-order chi connectivity index (χ1) is 8.83. The van der Waals surface area contributed by atoms with Crippen molar-refractivity contribution >= 4 is 23.3 Å². The van der Waals surface area contributed by atoms with Crippen molar-refractivity contribution in [3.63, 3.8) is 0 Å². The van der Waals surface area contributed by atoms with Crippen LogP contribution in [0.5, 0.6) is 5.75 Å². The number of hydrogen-bond acceptors (Lipinski definition) is 4. The van der Waals surface area contributed by atoms with Gasteiger partial charge in [-0.3, -0.25) is 0 Å². The van der Waals surface area contributed by atoms with Crippen LogP contribution in [-0.2, 0) is 0 Å². The molecule has 18 heavy (non-hydrogen) atoms. The van der Waals surface area contributed by atoms with Crippen LogP contribution in [0.25, 0.3) is 11.1 Å². The maximum absolute atomic E-state index is 9.59. The third kappa shape index (κ3) is 1.96. The summed E-state index contributed by atoms with van der Waals surface area (Å²) in [6.45, 7) is 0. The SMILES string of the molecule is Oc1ccccc1C=Nc1nc2ccccc2o1. The summed E-state index contributed by atoms with van der Waals surface area (Å²) in [4.78, 5) is 8.32. The zero-order chi connectivity index (χ0) is 12.4. The van der Waals surface area contributed by atoms with Crippen LogP contribution in [0.1, 0.15) is 5.56 Å². The minimum Gasteiger partial charge on any atom is -0.507 e. The molecule has 0 radical (unpaired) electrons.